The minimum Gasteiger partial charge on any atom is -0.492 e. The zero-order chi connectivity index (χ0) is 14.0. The van der Waals surface area contributed by atoms with Crippen LogP contribution in [-0.4, -0.2) is 18.1 Å². The summed E-state index contributed by atoms with van der Waals surface area (Å²) in [6.07, 6.45) is 0. The third kappa shape index (κ3) is 2.46. The molecule has 0 fully saturated rings. The van der Waals surface area contributed by atoms with Crippen molar-refractivity contribution in [1.29, 1.82) is 0 Å². The number of hydrogen-bond donors (Lipinski definition) is 0. The average Bonchev–Trinajstić information content (AvgIpc) is 2.51. The fourth-order valence-electron chi connectivity index (χ4n) is 2.27. The van der Waals surface area contributed by atoms with E-state index < -0.39 is 5.41 Å². The predicted octanol–water partition coefficient (Wildman–Crippen LogP) is 4.06. The molecule has 0 N–H and O–H groups in total. The first-order valence-corrected chi connectivity index (χ1v) is 7.62. The van der Waals surface area contributed by atoms with Crippen molar-refractivity contribution in [3.8, 4) is 5.75 Å². The van der Waals surface area contributed by atoms with Gasteiger partial charge in [0.1, 0.15) is 12.4 Å². The Hall–Kier alpha value is -1.74. The lowest BCUT2D eigenvalue weighted by molar-refractivity contribution is 0.0702. The number of rotatable bonds is 3. The molecule has 0 aliphatic carbocycles. The highest BCUT2D eigenvalue weighted by molar-refractivity contribution is 7.99. The van der Waals surface area contributed by atoms with Crippen LogP contribution in [0.5, 0.6) is 5.75 Å². The van der Waals surface area contributed by atoms with Crippen LogP contribution in [0.1, 0.15) is 17.3 Å². The Morgan fingerprint density at radius 2 is 1.80 bits per heavy atom. The molecule has 0 amide bonds. The van der Waals surface area contributed by atoms with Crippen LogP contribution >= 0.6 is 11.8 Å². The van der Waals surface area contributed by atoms with Gasteiger partial charge in [-0.25, -0.2) is 0 Å². The molecule has 0 saturated heterocycles. The van der Waals surface area contributed by atoms with Gasteiger partial charge in [-0.1, -0.05) is 30.3 Å². The minimum absolute atomic E-state index is 0.183. The van der Waals surface area contributed by atoms with Gasteiger partial charge in [-0.3, -0.25) is 4.79 Å². The number of para-hydroxylation sites is 1. The van der Waals surface area contributed by atoms with Crippen LogP contribution in [0.4, 0.5) is 0 Å². The molecule has 1 heterocycles. The summed E-state index contributed by atoms with van der Waals surface area (Å²) < 4.78 is 5.76. The van der Waals surface area contributed by atoms with E-state index in [4.69, 9.17) is 4.74 Å². The fraction of sp³-hybridized carbons (Fsp3) is 0.235. The standard InChI is InChI=1S/C17H16O2S/c1-17(12-20-13-7-3-2-4-8-13)11-19-15-10-6-5-9-14(15)16(17)18/h2-10H,11-12H2,1H3. The van der Waals surface area contributed by atoms with Crippen molar-refractivity contribution in [3.63, 3.8) is 0 Å². The van der Waals surface area contributed by atoms with E-state index >= 15 is 0 Å². The molecular weight excluding hydrogens is 268 g/mol. The molecule has 1 atom stereocenters. The topological polar surface area (TPSA) is 26.3 Å². The molecule has 1 aliphatic rings. The zero-order valence-corrected chi connectivity index (χ0v) is 12.2. The third-order valence-corrected chi connectivity index (χ3v) is 4.91. The molecule has 3 rings (SSSR count). The van der Waals surface area contributed by atoms with Gasteiger partial charge in [0.2, 0.25) is 0 Å². The van der Waals surface area contributed by atoms with Gasteiger partial charge in [0.05, 0.1) is 11.0 Å². The van der Waals surface area contributed by atoms with Gasteiger partial charge in [0.25, 0.3) is 0 Å². The van der Waals surface area contributed by atoms with Crippen LogP contribution in [0.2, 0.25) is 0 Å². The molecule has 0 spiro atoms. The number of thioether (sulfide) groups is 1. The second kappa shape index (κ2) is 5.33. The van der Waals surface area contributed by atoms with Crippen LogP contribution in [0, 0.1) is 5.41 Å². The van der Waals surface area contributed by atoms with Crippen LogP contribution < -0.4 is 4.74 Å². The van der Waals surface area contributed by atoms with Gasteiger partial charge in [-0.05, 0) is 31.2 Å². The maximum Gasteiger partial charge on any atom is 0.176 e. The molecule has 1 unspecified atom stereocenters. The summed E-state index contributed by atoms with van der Waals surface area (Å²) in [5.74, 6) is 1.62. The second-order valence-electron chi connectivity index (χ2n) is 5.28. The van der Waals surface area contributed by atoms with Gasteiger partial charge < -0.3 is 4.74 Å². The van der Waals surface area contributed by atoms with Gasteiger partial charge in [-0.15, -0.1) is 11.8 Å². The summed E-state index contributed by atoms with van der Waals surface area (Å²) in [5, 5.41) is 0. The van der Waals surface area contributed by atoms with Crippen molar-refractivity contribution >= 4 is 17.5 Å². The molecule has 0 bridgehead atoms. The maximum absolute atomic E-state index is 12.7. The Balaban J connectivity index is 1.78. The number of Topliss-reactive ketones (excluding diaryl/α,β-unsaturated/α-hetero) is 1. The first kappa shape index (κ1) is 13.3. The quantitative estimate of drug-likeness (QED) is 0.795. The Morgan fingerprint density at radius 3 is 2.60 bits per heavy atom. The largest absolute Gasteiger partial charge is 0.492 e. The summed E-state index contributed by atoms with van der Waals surface area (Å²) in [6.45, 7) is 2.43. The number of ether oxygens (including phenoxy) is 1. The highest BCUT2D eigenvalue weighted by Gasteiger charge is 2.39. The van der Waals surface area contributed by atoms with Crippen LogP contribution in [0.25, 0.3) is 0 Å². The van der Waals surface area contributed by atoms with E-state index in [1.54, 1.807) is 11.8 Å². The number of carbonyl (C=O) groups is 1. The van der Waals surface area contributed by atoms with Crippen molar-refractivity contribution in [3.05, 3.63) is 60.2 Å². The van der Waals surface area contributed by atoms with Gasteiger partial charge in [-0.2, -0.15) is 0 Å². The minimum atomic E-state index is -0.463. The molecule has 2 aromatic carbocycles. The van der Waals surface area contributed by atoms with Crippen molar-refractivity contribution < 1.29 is 9.53 Å². The Morgan fingerprint density at radius 1 is 1.10 bits per heavy atom. The van der Waals surface area contributed by atoms with Crippen LogP contribution in [0.3, 0.4) is 0 Å². The lowest BCUT2D eigenvalue weighted by Crippen LogP contribution is -2.40. The number of ketones is 1. The molecule has 2 nitrogen and oxygen atoms in total. The first-order valence-electron chi connectivity index (χ1n) is 6.63. The Labute approximate surface area is 123 Å². The summed E-state index contributed by atoms with van der Waals surface area (Å²) in [4.78, 5) is 13.8. The lowest BCUT2D eigenvalue weighted by Gasteiger charge is -2.32. The molecular formula is C17H16O2S. The average molecular weight is 284 g/mol. The van der Waals surface area contributed by atoms with E-state index in [1.165, 1.54) is 4.90 Å². The number of hydrogen-bond acceptors (Lipinski definition) is 3. The molecule has 102 valence electrons. The number of carbonyl (C=O) groups excluding carboxylic acids is 1. The molecule has 20 heavy (non-hydrogen) atoms. The number of benzene rings is 2. The molecule has 3 heteroatoms. The summed E-state index contributed by atoms with van der Waals surface area (Å²) >= 11 is 1.70. The van der Waals surface area contributed by atoms with Crippen molar-refractivity contribution in [2.45, 2.75) is 11.8 Å². The monoisotopic (exact) mass is 284 g/mol. The van der Waals surface area contributed by atoms with Crippen LogP contribution in [-0.2, 0) is 0 Å². The molecule has 1 aliphatic heterocycles. The second-order valence-corrected chi connectivity index (χ2v) is 6.33. The highest BCUT2D eigenvalue weighted by Crippen LogP contribution is 2.37. The van der Waals surface area contributed by atoms with E-state index in [1.807, 2.05) is 49.4 Å². The van der Waals surface area contributed by atoms with E-state index in [0.717, 1.165) is 5.75 Å². The van der Waals surface area contributed by atoms with Gasteiger partial charge in [0, 0.05) is 10.6 Å². The maximum atomic E-state index is 12.7. The van der Waals surface area contributed by atoms with Crippen LogP contribution in [0.15, 0.2) is 59.5 Å². The van der Waals surface area contributed by atoms with Crippen molar-refractivity contribution in [2.24, 2.45) is 5.41 Å². The molecule has 0 saturated carbocycles. The molecule has 0 aromatic heterocycles. The van der Waals surface area contributed by atoms with E-state index in [0.29, 0.717) is 17.9 Å². The predicted molar refractivity (Wildman–Crippen MR) is 81.5 cm³/mol. The van der Waals surface area contributed by atoms with E-state index in [9.17, 15) is 4.79 Å². The highest BCUT2D eigenvalue weighted by atomic mass is 32.2. The van der Waals surface area contributed by atoms with Crippen molar-refractivity contribution in [2.75, 3.05) is 12.4 Å². The SMILES string of the molecule is CC1(CSc2ccccc2)COc2ccccc2C1=O. The summed E-state index contributed by atoms with van der Waals surface area (Å²) in [5.41, 5.74) is 0.240. The summed E-state index contributed by atoms with van der Waals surface area (Å²) in [6, 6.07) is 17.6. The van der Waals surface area contributed by atoms with Crippen molar-refractivity contribution in [1.82, 2.24) is 0 Å². The third-order valence-electron chi connectivity index (χ3n) is 3.53. The first-order chi connectivity index (χ1) is 9.69. The molecule has 2 aromatic rings. The Kier molecular flexibility index (Phi) is 3.53. The smallest absolute Gasteiger partial charge is 0.176 e. The normalized spacial score (nSPS) is 21.1. The lowest BCUT2D eigenvalue weighted by atomic mass is 9.83. The summed E-state index contributed by atoms with van der Waals surface area (Å²) in [7, 11) is 0. The zero-order valence-electron chi connectivity index (χ0n) is 11.3. The van der Waals surface area contributed by atoms with E-state index in [-0.39, 0.29) is 5.78 Å². The fourth-order valence-corrected chi connectivity index (χ4v) is 3.32. The number of fused-ring (bicyclic) bond motifs is 1. The van der Waals surface area contributed by atoms with E-state index in [2.05, 4.69) is 12.1 Å². The van der Waals surface area contributed by atoms with Gasteiger partial charge >= 0.3 is 0 Å². The Bertz CT molecular complexity index is 624. The molecule has 0 radical (unpaired) electrons. The van der Waals surface area contributed by atoms with Gasteiger partial charge in [0.15, 0.2) is 5.78 Å².